The highest BCUT2D eigenvalue weighted by atomic mass is 31.2. The van der Waals surface area contributed by atoms with Gasteiger partial charge in [0.05, 0.1) is 13.2 Å². The largest absolute Gasteiger partial charge is 0.480 e. The molecule has 0 aromatic heterocycles. The molecule has 50 heavy (non-hydrogen) atoms. The molecule has 0 bridgehead atoms. The first-order valence-electron chi connectivity index (χ1n) is 20.1. The Kier molecular flexibility index (Phi) is 33.5. The van der Waals surface area contributed by atoms with Crippen LogP contribution in [-0.4, -0.2) is 59.9 Å². The van der Waals surface area contributed by atoms with Gasteiger partial charge in [0.15, 0.2) is 6.10 Å². The Bertz CT molecular complexity index is 875. The number of phosphoric acid groups is 1. The molecular formula is C38H74NO10P. The average Bonchev–Trinajstić information content (AvgIpc) is 3.09. The molecule has 0 heterocycles. The Morgan fingerprint density at radius 1 is 0.540 bits per heavy atom. The van der Waals surface area contributed by atoms with Crippen LogP contribution in [0.2, 0.25) is 0 Å². The number of esters is 2. The van der Waals surface area contributed by atoms with Gasteiger partial charge in [0.1, 0.15) is 12.6 Å². The average molecular weight is 736 g/mol. The summed E-state index contributed by atoms with van der Waals surface area (Å²) >= 11 is 0. The monoisotopic (exact) mass is 736 g/mol. The van der Waals surface area contributed by atoms with E-state index in [2.05, 4.69) is 18.4 Å². The zero-order chi connectivity index (χ0) is 37.1. The SMILES string of the molecule is CCCCCCCCCCCCCCCC(=O)OCC(COP(=O)(O)OC[C@H](N)C(=O)O)OC(=O)CCCCCCCCCCCCCCC. The van der Waals surface area contributed by atoms with Gasteiger partial charge < -0.3 is 25.2 Å². The Hall–Kier alpha value is -1.52. The van der Waals surface area contributed by atoms with Crippen molar-refractivity contribution in [3.63, 3.8) is 0 Å². The highest BCUT2D eigenvalue weighted by Crippen LogP contribution is 2.43. The van der Waals surface area contributed by atoms with Gasteiger partial charge in [-0.3, -0.25) is 23.4 Å². The second-order valence-electron chi connectivity index (χ2n) is 13.8. The van der Waals surface area contributed by atoms with Gasteiger partial charge in [0.2, 0.25) is 0 Å². The molecule has 0 aliphatic heterocycles. The van der Waals surface area contributed by atoms with Crippen molar-refractivity contribution in [1.82, 2.24) is 0 Å². The van der Waals surface area contributed by atoms with E-state index in [0.717, 1.165) is 38.5 Å². The molecule has 0 saturated carbocycles. The van der Waals surface area contributed by atoms with E-state index >= 15 is 0 Å². The minimum Gasteiger partial charge on any atom is -0.480 e. The fraction of sp³-hybridized carbons (Fsp3) is 0.921. The zero-order valence-corrected chi connectivity index (χ0v) is 32.7. The number of hydrogen-bond acceptors (Lipinski definition) is 9. The summed E-state index contributed by atoms with van der Waals surface area (Å²) in [6, 6.07) is -1.51. The number of unbranched alkanes of at least 4 members (excludes halogenated alkanes) is 24. The molecule has 0 fully saturated rings. The first-order valence-corrected chi connectivity index (χ1v) is 21.6. The van der Waals surface area contributed by atoms with E-state index in [1.54, 1.807) is 0 Å². The number of rotatable bonds is 38. The van der Waals surface area contributed by atoms with E-state index in [1.165, 1.54) is 116 Å². The standard InChI is InChI=1S/C38H74NO10P/c1-3-5-7-9-11-13-15-17-19-21-23-25-27-29-36(40)46-31-34(32-47-50(44,45)48-33-35(39)38(42)43)49-37(41)30-28-26-24-22-20-18-16-14-12-10-8-6-4-2/h34-35H,3-33,39H2,1-2H3,(H,42,43)(H,44,45)/t34?,35-/m0/s1. The number of phosphoric ester groups is 1. The molecule has 0 radical (unpaired) electrons. The lowest BCUT2D eigenvalue weighted by Gasteiger charge is -2.20. The lowest BCUT2D eigenvalue weighted by atomic mass is 10.0. The molecule has 11 nitrogen and oxygen atoms in total. The predicted octanol–water partition coefficient (Wildman–Crippen LogP) is 9.95. The summed E-state index contributed by atoms with van der Waals surface area (Å²) in [6.45, 7) is 2.81. The number of carbonyl (C=O) groups is 3. The highest BCUT2D eigenvalue weighted by molar-refractivity contribution is 7.47. The maximum Gasteiger partial charge on any atom is 0.472 e. The van der Waals surface area contributed by atoms with Crippen LogP contribution in [0, 0.1) is 0 Å². The van der Waals surface area contributed by atoms with Crippen LogP contribution < -0.4 is 5.73 Å². The van der Waals surface area contributed by atoms with Crippen LogP contribution >= 0.6 is 7.82 Å². The Balaban J connectivity index is 4.38. The van der Waals surface area contributed by atoms with Crippen molar-refractivity contribution in [2.24, 2.45) is 5.73 Å². The lowest BCUT2D eigenvalue weighted by Crippen LogP contribution is -2.34. The molecule has 3 atom stereocenters. The molecular weight excluding hydrogens is 661 g/mol. The quantitative estimate of drug-likeness (QED) is 0.0313. The van der Waals surface area contributed by atoms with Crippen molar-refractivity contribution in [2.75, 3.05) is 19.8 Å². The second kappa shape index (κ2) is 34.6. The summed E-state index contributed by atoms with van der Waals surface area (Å²) in [6.07, 6.45) is 30.2. The highest BCUT2D eigenvalue weighted by Gasteiger charge is 2.28. The van der Waals surface area contributed by atoms with Crippen molar-refractivity contribution in [2.45, 2.75) is 206 Å². The van der Waals surface area contributed by atoms with Crippen LogP contribution in [0.15, 0.2) is 0 Å². The molecule has 296 valence electrons. The lowest BCUT2D eigenvalue weighted by molar-refractivity contribution is -0.161. The summed E-state index contributed by atoms with van der Waals surface area (Å²) in [5.74, 6) is -2.36. The van der Waals surface area contributed by atoms with Gasteiger partial charge in [-0.05, 0) is 12.8 Å². The summed E-state index contributed by atoms with van der Waals surface area (Å²) in [7, 11) is -4.70. The van der Waals surface area contributed by atoms with E-state index in [-0.39, 0.29) is 19.4 Å². The predicted molar refractivity (Wildman–Crippen MR) is 199 cm³/mol. The molecule has 0 amide bonds. The van der Waals surface area contributed by atoms with Crippen molar-refractivity contribution in [1.29, 1.82) is 0 Å². The normalized spacial score (nSPS) is 13.8. The van der Waals surface area contributed by atoms with Crippen molar-refractivity contribution < 1.29 is 47.5 Å². The van der Waals surface area contributed by atoms with Gasteiger partial charge in [-0.1, -0.05) is 168 Å². The van der Waals surface area contributed by atoms with Crippen LogP contribution in [-0.2, 0) is 37.5 Å². The third kappa shape index (κ3) is 33.6. The molecule has 0 saturated heterocycles. The summed E-state index contributed by atoms with van der Waals surface area (Å²) in [5.41, 5.74) is 5.32. The van der Waals surface area contributed by atoms with Gasteiger partial charge in [-0.2, -0.15) is 0 Å². The van der Waals surface area contributed by atoms with Crippen LogP contribution in [0.5, 0.6) is 0 Å². The molecule has 0 spiro atoms. The Labute approximate surface area is 304 Å². The number of carboxylic acid groups (broad SMARTS) is 1. The first-order chi connectivity index (χ1) is 24.1. The smallest absolute Gasteiger partial charge is 0.472 e. The Morgan fingerprint density at radius 3 is 1.26 bits per heavy atom. The van der Waals surface area contributed by atoms with Gasteiger partial charge in [0.25, 0.3) is 0 Å². The van der Waals surface area contributed by atoms with Crippen LogP contribution in [0.4, 0.5) is 0 Å². The number of hydrogen-bond donors (Lipinski definition) is 3. The van der Waals surface area contributed by atoms with Crippen molar-refractivity contribution >= 4 is 25.7 Å². The summed E-state index contributed by atoms with van der Waals surface area (Å²) in [5, 5.41) is 8.86. The van der Waals surface area contributed by atoms with Crippen molar-refractivity contribution in [3.8, 4) is 0 Å². The number of ether oxygens (including phenoxy) is 2. The number of carbonyl (C=O) groups excluding carboxylic acids is 2. The maximum atomic E-state index is 12.6. The third-order valence-corrected chi connectivity index (χ3v) is 9.81. The molecule has 0 aliphatic carbocycles. The molecule has 0 aliphatic rings. The second-order valence-corrected chi connectivity index (χ2v) is 15.2. The van der Waals surface area contributed by atoms with E-state index in [4.69, 9.17) is 24.8 Å². The van der Waals surface area contributed by atoms with E-state index in [0.29, 0.717) is 12.8 Å². The van der Waals surface area contributed by atoms with Crippen LogP contribution in [0.3, 0.4) is 0 Å². The van der Waals surface area contributed by atoms with Gasteiger partial charge in [-0.15, -0.1) is 0 Å². The summed E-state index contributed by atoms with van der Waals surface area (Å²) in [4.78, 5) is 45.8. The first kappa shape index (κ1) is 48.5. The number of carboxylic acids is 1. The van der Waals surface area contributed by atoms with Gasteiger partial charge >= 0.3 is 25.7 Å². The molecule has 4 N–H and O–H groups in total. The van der Waals surface area contributed by atoms with Crippen molar-refractivity contribution in [3.05, 3.63) is 0 Å². The van der Waals surface area contributed by atoms with Gasteiger partial charge in [-0.25, -0.2) is 4.57 Å². The van der Waals surface area contributed by atoms with E-state index in [9.17, 15) is 23.8 Å². The van der Waals surface area contributed by atoms with Gasteiger partial charge in [0, 0.05) is 12.8 Å². The van der Waals surface area contributed by atoms with Crippen LogP contribution in [0.1, 0.15) is 194 Å². The molecule has 12 heteroatoms. The maximum absolute atomic E-state index is 12.6. The third-order valence-electron chi connectivity index (χ3n) is 8.86. The minimum atomic E-state index is -4.70. The Morgan fingerprint density at radius 2 is 0.880 bits per heavy atom. The zero-order valence-electron chi connectivity index (χ0n) is 31.8. The number of nitrogens with two attached hydrogens (primary N) is 1. The molecule has 0 aromatic rings. The number of aliphatic carboxylic acids is 1. The fourth-order valence-corrected chi connectivity index (χ4v) is 6.43. The fourth-order valence-electron chi connectivity index (χ4n) is 5.65. The van der Waals surface area contributed by atoms with E-state index in [1.807, 2.05) is 0 Å². The van der Waals surface area contributed by atoms with Crippen LogP contribution in [0.25, 0.3) is 0 Å². The van der Waals surface area contributed by atoms with E-state index < -0.39 is 51.1 Å². The topological polar surface area (TPSA) is 172 Å². The molecule has 0 rings (SSSR count). The summed E-state index contributed by atoms with van der Waals surface area (Å²) < 4.78 is 32.6. The molecule has 0 aromatic carbocycles. The minimum absolute atomic E-state index is 0.169. The molecule has 2 unspecified atom stereocenters.